The highest BCUT2D eigenvalue weighted by atomic mass is 32.2. The van der Waals surface area contributed by atoms with E-state index in [0.29, 0.717) is 4.75 Å². The van der Waals surface area contributed by atoms with Crippen LogP contribution in [0, 0.1) is 0 Å². The summed E-state index contributed by atoms with van der Waals surface area (Å²) < 4.78 is 0.404. The average molecular weight is 257 g/mol. The van der Waals surface area contributed by atoms with Crippen molar-refractivity contribution in [2.75, 3.05) is 25.9 Å². The van der Waals surface area contributed by atoms with Crippen LogP contribution in [0.5, 0.6) is 0 Å². The number of aliphatic imine (C=N–C) groups is 1. The number of hydrogen-bond donors (Lipinski definition) is 2. The lowest BCUT2D eigenvalue weighted by Crippen LogP contribution is -2.43. The summed E-state index contributed by atoms with van der Waals surface area (Å²) in [5, 5.41) is 6.82. The third-order valence-electron chi connectivity index (χ3n) is 3.23. The minimum absolute atomic E-state index is 0.404. The maximum atomic E-state index is 4.26. The van der Waals surface area contributed by atoms with E-state index in [1.807, 2.05) is 7.05 Å². The van der Waals surface area contributed by atoms with Crippen LogP contribution in [0.2, 0.25) is 0 Å². The quantitative estimate of drug-likeness (QED) is 0.436. The van der Waals surface area contributed by atoms with Gasteiger partial charge in [0.05, 0.1) is 0 Å². The molecule has 1 fully saturated rings. The van der Waals surface area contributed by atoms with Crippen LogP contribution in [-0.4, -0.2) is 36.6 Å². The van der Waals surface area contributed by atoms with Crippen LogP contribution in [0.15, 0.2) is 4.99 Å². The molecule has 0 aromatic heterocycles. The van der Waals surface area contributed by atoms with Gasteiger partial charge in [0.15, 0.2) is 5.96 Å². The van der Waals surface area contributed by atoms with Gasteiger partial charge in [0.1, 0.15) is 0 Å². The lowest BCUT2D eigenvalue weighted by Gasteiger charge is -2.24. The molecule has 0 saturated carbocycles. The molecule has 0 amide bonds. The van der Waals surface area contributed by atoms with E-state index in [1.165, 1.54) is 37.9 Å². The number of hydrogen-bond acceptors (Lipinski definition) is 2. The van der Waals surface area contributed by atoms with Gasteiger partial charge in [0, 0.05) is 24.9 Å². The van der Waals surface area contributed by atoms with Crippen molar-refractivity contribution >= 4 is 17.7 Å². The van der Waals surface area contributed by atoms with Gasteiger partial charge in [-0.1, -0.05) is 19.8 Å². The van der Waals surface area contributed by atoms with Gasteiger partial charge < -0.3 is 10.6 Å². The average Bonchev–Trinajstić information content (AvgIpc) is 2.76. The molecule has 0 aromatic rings. The molecule has 1 saturated heterocycles. The minimum atomic E-state index is 0.404. The molecule has 1 rings (SSSR count). The van der Waals surface area contributed by atoms with E-state index in [1.54, 1.807) is 0 Å². The number of nitrogens with zero attached hydrogens (tertiary/aromatic N) is 1. The van der Waals surface area contributed by atoms with Crippen LogP contribution in [0.25, 0.3) is 0 Å². The molecule has 3 nitrogen and oxygen atoms in total. The molecule has 0 radical (unpaired) electrons. The van der Waals surface area contributed by atoms with E-state index in [2.05, 4.69) is 41.2 Å². The Morgan fingerprint density at radius 3 is 2.76 bits per heavy atom. The number of thioether (sulfide) groups is 1. The monoisotopic (exact) mass is 257 g/mol. The van der Waals surface area contributed by atoms with Crippen LogP contribution < -0.4 is 10.6 Å². The zero-order chi connectivity index (χ0) is 12.6. The van der Waals surface area contributed by atoms with Crippen molar-refractivity contribution in [3.8, 4) is 0 Å². The first-order valence-electron chi connectivity index (χ1n) is 6.78. The summed E-state index contributed by atoms with van der Waals surface area (Å²) in [4.78, 5) is 4.26. The summed E-state index contributed by atoms with van der Waals surface area (Å²) in [5.41, 5.74) is 0. The van der Waals surface area contributed by atoms with E-state index in [9.17, 15) is 0 Å². The van der Waals surface area contributed by atoms with Crippen molar-refractivity contribution in [3.05, 3.63) is 0 Å². The summed E-state index contributed by atoms with van der Waals surface area (Å²) in [6.07, 6.45) is 6.45. The molecule has 4 heteroatoms. The van der Waals surface area contributed by atoms with Crippen molar-refractivity contribution in [1.29, 1.82) is 0 Å². The van der Waals surface area contributed by atoms with Crippen LogP contribution in [0.4, 0.5) is 0 Å². The zero-order valence-corrected chi connectivity index (χ0v) is 12.3. The Morgan fingerprint density at radius 2 is 2.18 bits per heavy atom. The molecule has 0 bridgehead atoms. The second-order valence-electron chi connectivity index (χ2n) is 4.96. The molecule has 0 aliphatic carbocycles. The molecular weight excluding hydrogens is 230 g/mol. The molecule has 1 aliphatic rings. The van der Waals surface area contributed by atoms with Crippen molar-refractivity contribution in [2.24, 2.45) is 4.99 Å². The molecule has 100 valence electrons. The molecule has 0 spiro atoms. The second kappa shape index (κ2) is 7.85. The minimum Gasteiger partial charge on any atom is -0.356 e. The van der Waals surface area contributed by atoms with E-state index in [-0.39, 0.29) is 0 Å². The molecule has 1 atom stereocenters. The highest BCUT2D eigenvalue weighted by Gasteiger charge is 2.29. The molecule has 17 heavy (non-hydrogen) atoms. The predicted octanol–water partition coefficient (Wildman–Crippen LogP) is 2.63. The van der Waals surface area contributed by atoms with Crippen LogP contribution in [0.1, 0.15) is 46.0 Å². The molecule has 1 unspecified atom stereocenters. The normalized spacial score (nSPS) is 25.0. The third-order valence-corrected chi connectivity index (χ3v) is 4.76. The van der Waals surface area contributed by atoms with Crippen molar-refractivity contribution in [2.45, 2.75) is 50.7 Å². The van der Waals surface area contributed by atoms with Gasteiger partial charge in [-0.05, 0) is 31.9 Å². The fraction of sp³-hybridized carbons (Fsp3) is 0.923. The van der Waals surface area contributed by atoms with Gasteiger partial charge in [-0.15, -0.1) is 0 Å². The first-order chi connectivity index (χ1) is 8.20. The van der Waals surface area contributed by atoms with Crippen LogP contribution in [-0.2, 0) is 0 Å². The molecule has 2 N–H and O–H groups in total. The molecule has 1 aliphatic heterocycles. The van der Waals surface area contributed by atoms with E-state index < -0.39 is 0 Å². The Hall–Kier alpha value is -0.380. The number of nitrogens with one attached hydrogen (secondary N) is 2. The molecular formula is C13H27N3S. The topological polar surface area (TPSA) is 36.4 Å². The second-order valence-corrected chi connectivity index (χ2v) is 6.64. The van der Waals surface area contributed by atoms with E-state index in [0.717, 1.165) is 19.0 Å². The molecule has 0 aromatic carbocycles. The van der Waals surface area contributed by atoms with Crippen LogP contribution in [0.3, 0.4) is 0 Å². The largest absolute Gasteiger partial charge is 0.356 e. The fourth-order valence-corrected chi connectivity index (χ4v) is 3.29. The van der Waals surface area contributed by atoms with Crippen LogP contribution >= 0.6 is 11.8 Å². The maximum absolute atomic E-state index is 4.26. The number of guanidine groups is 1. The SMILES string of the molecule is CCCCCNC(=NC)NCC1(C)CCCS1. The lowest BCUT2D eigenvalue weighted by atomic mass is 10.1. The van der Waals surface area contributed by atoms with Crippen molar-refractivity contribution < 1.29 is 0 Å². The lowest BCUT2D eigenvalue weighted by molar-refractivity contribution is 0.582. The zero-order valence-electron chi connectivity index (χ0n) is 11.5. The number of unbranched alkanes of at least 4 members (excludes halogenated alkanes) is 2. The Balaban J connectivity index is 2.18. The number of rotatable bonds is 6. The van der Waals surface area contributed by atoms with Gasteiger partial charge in [-0.3, -0.25) is 4.99 Å². The Labute approximate surface area is 110 Å². The summed E-state index contributed by atoms with van der Waals surface area (Å²) in [6, 6.07) is 0. The van der Waals surface area contributed by atoms with Crippen molar-refractivity contribution in [3.63, 3.8) is 0 Å². The van der Waals surface area contributed by atoms with Gasteiger partial charge in [-0.2, -0.15) is 11.8 Å². The van der Waals surface area contributed by atoms with Gasteiger partial charge in [0.2, 0.25) is 0 Å². The first-order valence-corrected chi connectivity index (χ1v) is 7.77. The van der Waals surface area contributed by atoms with Gasteiger partial charge >= 0.3 is 0 Å². The summed E-state index contributed by atoms with van der Waals surface area (Å²) in [7, 11) is 1.85. The Bertz CT molecular complexity index is 235. The summed E-state index contributed by atoms with van der Waals surface area (Å²) in [5.74, 6) is 2.26. The first kappa shape index (κ1) is 14.7. The standard InChI is InChI=1S/C13H27N3S/c1-4-5-6-9-15-12(14-3)16-11-13(2)8-7-10-17-13/h4-11H2,1-3H3,(H2,14,15,16). The molecule has 1 heterocycles. The highest BCUT2D eigenvalue weighted by Crippen LogP contribution is 2.36. The van der Waals surface area contributed by atoms with E-state index in [4.69, 9.17) is 0 Å². The van der Waals surface area contributed by atoms with E-state index >= 15 is 0 Å². The van der Waals surface area contributed by atoms with Gasteiger partial charge in [0.25, 0.3) is 0 Å². The maximum Gasteiger partial charge on any atom is 0.191 e. The smallest absolute Gasteiger partial charge is 0.191 e. The Morgan fingerprint density at radius 1 is 1.35 bits per heavy atom. The van der Waals surface area contributed by atoms with Crippen molar-refractivity contribution in [1.82, 2.24) is 10.6 Å². The summed E-state index contributed by atoms with van der Waals surface area (Å²) >= 11 is 2.08. The van der Waals surface area contributed by atoms with Gasteiger partial charge in [-0.25, -0.2) is 0 Å². The Kier molecular flexibility index (Phi) is 6.78. The third kappa shape index (κ3) is 5.66. The predicted molar refractivity (Wildman–Crippen MR) is 79.0 cm³/mol. The summed E-state index contributed by atoms with van der Waals surface area (Å²) in [6.45, 7) is 6.62. The fourth-order valence-electron chi connectivity index (χ4n) is 2.05. The highest BCUT2D eigenvalue weighted by molar-refractivity contribution is 8.00.